The number of benzene rings is 1. The molecule has 1 aliphatic carbocycles. The van der Waals surface area contributed by atoms with E-state index in [4.69, 9.17) is 14.2 Å². The Hall–Kier alpha value is -2.12. The Morgan fingerprint density at radius 3 is 2.77 bits per heavy atom. The summed E-state index contributed by atoms with van der Waals surface area (Å²) in [5.74, 6) is 1.31. The fraction of sp³-hybridized carbons (Fsp3) is 0.667. The van der Waals surface area contributed by atoms with E-state index in [9.17, 15) is 9.59 Å². The monoisotopic (exact) mass is 428 g/mol. The summed E-state index contributed by atoms with van der Waals surface area (Å²) in [7, 11) is 0. The smallest absolute Gasteiger partial charge is 0.246 e. The molecule has 31 heavy (non-hydrogen) atoms. The van der Waals surface area contributed by atoms with Crippen LogP contribution in [-0.2, 0) is 19.1 Å². The van der Waals surface area contributed by atoms with Crippen LogP contribution in [-0.4, -0.2) is 67.4 Å². The van der Waals surface area contributed by atoms with Crippen molar-refractivity contribution in [3.05, 3.63) is 29.8 Å². The summed E-state index contributed by atoms with van der Waals surface area (Å²) < 4.78 is 18.2. The van der Waals surface area contributed by atoms with Crippen LogP contribution in [0.15, 0.2) is 24.3 Å². The standard InChI is InChI=1S/C24H32N2O5/c27-22-15-29-16-24(25-22)11-3-12-26-21(24)14-31-18-8-6-17(7-9-18)19-4-1-2-5-20(19)30-13-10-23(26)28/h1-2,4-5,17-18,21H,3,6-16H2,(H,25,27)/t17?,18?,21-,24?/m0/s1. The lowest BCUT2D eigenvalue weighted by Gasteiger charge is -2.51. The predicted molar refractivity (Wildman–Crippen MR) is 114 cm³/mol. The van der Waals surface area contributed by atoms with Crippen molar-refractivity contribution >= 4 is 11.8 Å². The van der Waals surface area contributed by atoms with Gasteiger partial charge in [-0.25, -0.2) is 0 Å². The number of piperidine rings is 1. The quantitative estimate of drug-likeness (QED) is 0.687. The first-order valence-corrected chi connectivity index (χ1v) is 11.7. The summed E-state index contributed by atoms with van der Waals surface area (Å²) in [6, 6.07) is 8.02. The minimum absolute atomic E-state index is 0.0483. The molecule has 1 aromatic rings. The second-order valence-electron chi connectivity index (χ2n) is 9.35. The van der Waals surface area contributed by atoms with E-state index in [-0.39, 0.29) is 30.6 Å². The second-order valence-corrected chi connectivity index (χ2v) is 9.35. The molecule has 7 heteroatoms. The molecular formula is C24H32N2O5. The molecule has 2 saturated heterocycles. The lowest BCUT2D eigenvalue weighted by molar-refractivity contribution is -0.155. The van der Waals surface area contributed by atoms with E-state index in [1.165, 1.54) is 5.56 Å². The van der Waals surface area contributed by atoms with Gasteiger partial charge in [0.2, 0.25) is 11.8 Å². The Labute approximate surface area is 183 Å². The molecule has 1 N–H and O–H groups in total. The van der Waals surface area contributed by atoms with Crippen LogP contribution in [0.4, 0.5) is 0 Å². The van der Waals surface area contributed by atoms with Crippen molar-refractivity contribution in [1.82, 2.24) is 10.2 Å². The molecule has 4 heterocycles. The first-order chi connectivity index (χ1) is 15.1. The highest BCUT2D eigenvalue weighted by Crippen LogP contribution is 2.39. The van der Waals surface area contributed by atoms with Crippen molar-refractivity contribution in [3.8, 4) is 5.75 Å². The normalized spacial score (nSPS) is 34.3. The zero-order chi connectivity index (χ0) is 21.3. The maximum atomic E-state index is 13.2. The van der Waals surface area contributed by atoms with Crippen LogP contribution >= 0.6 is 0 Å². The fourth-order valence-corrected chi connectivity index (χ4v) is 5.83. The van der Waals surface area contributed by atoms with Gasteiger partial charge in [0.1, 0.15) is 12.4 Å². The summed E-state index contributed by atoms with van der Waals surface area (Å²) >= 11 is 0. The van der Waals surface area contributed by atoms with E-state index in [0.717, 1.165) is 44.3 Å². The highest BCUT2D eigenvalue weighted by atomic mass is 16.5. The molecule has 0 aromatic heterocycles. The zero-order valence-corrected chi connectivity index (χ0v) is 18.0. The number of rotatable bonds is 0. The third-order valence-corrected chi connectivity index (χ3v) is 7.43. The first-order valence-electron chi connectivity index (χ1n) is 11.7. The molecule has 4 aliphatic heterocycles. The number of hydrogen-bond donors (Lipinski definition) is 1. The number of fused-ring (bicyclic) bond motifs is 6. The molecule has 168 valence electrons. The van der Waals surface area contributed by atoms with E-state index in [1.54, 1.807) is 0 Å². The number of para-hydroxylation sites is 1. The third kappa shape index (κ3) is 4.17. The van der Waals surface area contributed by atoms with Crippen LogP contribution < -0.4 is 10.1 Å². The van der Waals surface area contributed by atoms with Crippen molar-refractivity contribution in [3.63, 3.8) is 0 Å². The van der Waals surface area contributed by atoms with Crippen LogP contribution in [0.25, 0.3) is 0 Å². The number of nitrogens with one attached hydrogen (secondary N) is 1. The van der Waals surface area contributed by atoms with E-state index in [0.29, 0.717) is 38.7 Å². The Balaban J connectivity index is 1.41. The van der Waals surface area contributed by atoms with Crippen LogP contribution in [0.5, 0.6) is 5.75 Å². The van der Waals surface area contributed by atoms with Gasteiger partial charge < -0.3 is 24.4 Å². The highest BCUT2D eigenvalue weighted by Gasteiger charge is 2.49. The fourth-order valence-electron chi connectivity index (χ4n) is 5.83. The summed E-state index contributed by atoms with van der Waals surface area (Å²) in [6.07, 6.45) is 6.26. The molecule has 5 aliphatic rings. The lowest BCUT2D eigenvalue weighted by atomic mass is 9.80. The number of carbonyl (C=O) groups excluding carboxylic acids is 2. The number of carbonyl (C=O) groups is 2. The van der Waals surface area contributed by atoms with Gasteiger partial charge in [-0.3, -0.25) is 9.59 Å². The number of ether oxygens (including phenoxy) is 3. The molecule has 2 bridgehead atoms. The van der Waals surface area contributed by atoms with E-state index in [1.807, 2.05) is 17.0 Å². The Bertz CT molecular complexity index is 818. The Morgan fingerprint density at radius 1 is 1.10 bits per heavy atom. The number of nitrogens with zero attached hydrogens (tertiary/aromatic N) is 1. The summed E-state index contributed by atoms with van der Waals surface area (Å²) in [4.78, 5) is 27.3. The minimum atomic E-state index is -0.565. The Kier molecular flexibility index (Phi) is 5.89. The van der Waals surface area contributed by atoms with E-state index in [2.05, 4.69) is 17.4 Å². The zero-order valence-electron chi connectivity index (χ0n) is 18.0. The molecule has 2 amide bonds. The molecule has 7 nitrogen and oxygen atoms in total. The van der Waals surface area contributed by atoms with Gasteiger partial charge in [0.25, 0.3) is 0 Å². The second kappa shape index (κ2) is 8.79. The molecule has 0 radical (unpaired) electrons. The summed E-state index contributed by atoms with van der Waals surface area (Å²) in [5, 5.41) is 3.17. The van der Waals surface area contributed by atoms with Gasteiger partial charge in [0.05, 0.1) is 43.9 Å². The van der Waals surface area contributed by atoms with Gasteiger partial charge in [-0.2, -0.15) is 0 Å². The highest BCUT2D eigenvalue weighted by molar-refractivity contribution is 5.80. The molecule has 6 rings (SSSR count). The average molecular weight is 429 g/mol. The van der Waals surface area contributed by atoms with Crippen molar-refractivity contribution in [1.29, 1.82) is 0 Å². The predicted octanol–water partition coefficient (Wildman–Crippen LogP) is 2.39. The SMILES string of the molecule is O=C1COCC2(CCCN3C(=O)CCOc4ccccc4C4CCC(CC4)OC[C@H]32)N1. The molecular weight excluding hydrogens is 396 g/mol. The maximum absolute atomic E-state index is 13.2. The number of amides is 2. The number of morpholine rings is 1. The molecule has 2 atom stereocenters. The van der Waals surface area contributed by atoms with Gasteiger partial charge in [-0.15, -0.1) is 0 Å². The Morgan fingerprint density at radius 2 is 1.94 bits per heavy atom. The van der Waals surface area contributed by atoms with Crippen LogP contribution in [0.3, 0.4) is 0 Å². The first kappa shape index (κ1) is 20.8. The number of hydrogen-bond acceptors (Lipinski definition) is 5. The van der Waals surface area contributed by atoms with Crippen LogP contribution in [0.2, 0.25) is 0 Å². The summed E-state index contributed by atoms with van der Waals surface area (Å²) in [6.45, 7) is 1.97. The maximum Gasteiger partial charge on any atom is 0.246 e. The van der Waals surface area contributed by atoms with Gasteiger partial charge in [-0.1, -0.05) is 18.2 Å². The van der Waals surface area contributed by atoms with Crippen molar-refractivity contribution < 1.29 is 23.8 Å². The minimum Gasteiger partial charge on any atom is -0.493 e. The van der Waals surface area contributed by atoms with Crippen LogP contribution in [0, 0.1) is 0 Å². The van der Waals surface area contributed by atoms with E-state index < -0.39 is 5.54 Å². The third-order valence-electron chi connectivity index (χ3n) is 7.43. The average Bonchev–Trinajstić information content (AvgIpc) is 2.78. The summed E-state index contributed by atoms with van der Waals surface area (Å²) in [5.41, 5.74) is 0.688. The van der Waals surface area contributed by atoms with Gasteiger partial charge >= 0.3 is 0 Å². The topological polar surface area (TPSA) is 77.1 Å². The largest absolute Gasteiger partial charge is 0.493 e. The molecule has 1 saturated carbocycles. The van der Waals surface area contributed by atoms with Gasteiger partial charge in [0.15, 0.2) is 0 Å². The molecule has 1 unspecified atom stereocenters. The van der Waals surface area contributed by atoms with Crippen molar-refractivity contribution in [2.45, 2.75) is 68.5 Å². The van der Waals surface area contributed by atoms with Crippen molar-refractivity contribution in [2.24, 2.45) is 0 Å². The lowest BCUT2D eigenvalue weighted by Crippen LogP contribution is -2.72. The molecule has 1 aromatic carbocycles. The van der Waals surface area contributed by atoms with E-state index >= 15 is 0 Å². The van der Waals surface area contributed by atoms with Crippen LogP contribution in [0.1, 0.15) is 56.4 Å². The van der Waals surface area contributed by atoms with Gasteiger partial charge in [-0.05, 0) is 56.1 Å². The molecule has 3 fully saturated rings. The van der Waals surface area contributed by atoms with Gasteiger partial charge in [0, 0.05) is 6.54 Å². The van der Waals surface area contributed by atoms with Crippen molar-refractivity contribution in [2.75, 3.05) is 33.0 Å². The molecule has 1 spiro atoms.